The Morgan fingerprint density at radius 1 is 1.29 bits per heavy atom. The molecule has 1 N–H and O–H groups in total. The molecule has 0 heterocycles. The van der Waals surface area contributed by atoms with Crippen LogP contribution < -0.4 is 5.32 Å². The van der Waals surface area contributed by atoms with Gasteiger partial charge in [0, 0.05) is 12.7 Å². The van der Waals surface area contributed by atoms with Crippen molar-refractivity contribution < 1.29 is 0 Å². The van der Waals surface area contributed by atoms with E-state index in [9.17, 15) is 0 Å². The lowest BCUT2D eigenvalue weighted by atomic mass is 10.0. The predicted molar refractivity (Wildman–Crippen MR) is 75.9 cm³/mol. The van der Waals surface area contributed by atoms with Crippen LogP contribution in [-0.2, 0) is 6.42 Å². The van der Waals surface area contributed by atoms with Gasteiger partial charge in [0.15, 0.2) is 0 Å². The second-order valence-corrected chi connectivity index (χ2v) is 4.02. The van der Waals surface area contributed by atoms with E-state index in [4.69, 9.17) is 0 Å². The summed E-state index contributed by atoms with van der Waals surface area (Å²) in [5.74, 6) is 0. The molecule has 0 amide bonds. The van der Waals surface area contributed by atoms with Gasteiger partial charge in [-0.1, -0.05) is 49.1 Å². The summed E-state index contributed by atoms with van der Waals surface area (Å²) in [6, 6.07) is 10.6. The Morgan fingerprint density at radius 2 is 2.00 bits per heavy atom. The number of benzene rings is 1. The highest BCUT2D eigenvalue weighted by Crippen LogP contribution is 2.12. The Labute approximate surface area is 105 Å². The molecule has 0 saturated heterocycles. The lowest BCUT2D eigenvalue weighted by Gasteiger charge is -2.08. The molecule has 0 saturated carbocycles. The molecule has 0 aliphatic carbocycles. The molecule has 0 bridgehead atoms. The van der Waals surface area contributed by atoms with E-state index in [1.54, 1.807) is 6.08 Å². The van der Waals surface area contributed by atoms with Crippen molar-refractivity contribution in [2.24, 2.45) is 0 Å². The normalized spacial score (nSPS) is 12.4. The van der Waals surface area contributed by atoms with Crippen molar-refractivity contribution in [1.82, 2.24) is 5.32 Å². The van der Waals surface area contributed by atoms with Crippen LogP contribution in [-0.4, -0.2) is 7.05 Å². The molecule has 0 fully saturated rings. The number of allylic oxidation sites excluding steroid dienone is 4. The number of aryl methyl sites for hydroxylation is 1. The summed E-state index contributed by atoms with van der Waals surface area (Å²) in [4.78, 5) is 0. The molecule has 0 unspecified atom stereocenters. The summed E-state index contributed by atoms with van der Waals surface area (Å²) in [6.07, 6.45) is 7.97. The Kier molecular flexibility index (Phi) is 5.87. The highest BCUT2D eigenvalue weighted by Gasteiger charge is 1.98. The monoisotopic (exact) mass is 227 g/mol. The first-order valence-corrected chi connectivity index (χ1v) is 5.98. The summed E-state index contributed by atoms with van der Waals surface area (Å²) in [5.41, 5.74) is 3.94. The molecule has 1 nitrogen and oxygen atoms in total. The standard InChI is InChI=1S/C16H21N/c1-4-5-11-16(17-3)14(2)12-13-15-9-7-6-8-10-15/h4-11,17H,1,12-13H2,2-3H3/b11-5-,16-14-. The molecule has 1 aromatic carbocycles. The molecule has 1 heteroatoms. The number of rotatable bonds is 6. The highest BCUT2D eigenvalue weighted by molar-refractivity contribution is 5.26. The van der Waals surface area contributed by atoms with Gasteiger partial charge < -0.3 is 5.32 Å². The van der Waals surface area contributed by atoms with E-state index in [0.29, 0.717) is 0 Å². The van der Waals surface area contributed by atoms with Gasteiger partial charge in [0.05, 0.1) is 0 Å². The third kappa shape index (κ3) is 4.73. The minimum atomic E-state index is 1.07. The van der Waals surface area contributed by atoms with Gasteiger partial charge in [0.2, 0.25) is 0 Å². The molecule has 1 aromatic rings. The number of nitrogens with one attached hydrogen (secondary N) is 1. The first-order valence-electron chi connectivity index (χ1n) is 5.98. The van der Waals surface area contributed by atoms with Gasteiger partial charge in [-0.15, -0.1) is 0 Å². The topological polar surface area (TPSA) is 12.0 Å². The van der Waals surface area contributed by atoms with Crippen LogP contribution in [0.5, 0.6) is 0 Å². The molecule has 0 aliphatic rings. The average Bonchev–Trinajstić information content (AvgIpc) is 2.38. The first-order chi connectivity index (χ1) is 8.27. The third-order valence-corrected chi connectivity index (χ3v) is 2.76. The number of likely N-dealkylation sites (N-methyl/N-ethyl adjacent to an activating group) is 1. The van der Waals surface area contributed by atoms with Gasteiger partial charge in [-0.2, -0.15) is 0 Å². The van der Waals surface area contributed by atoms with E-state index < -0.39 is 0 Å². The Bertz CT molecular complexity index is 399. The lowest BCUT2D eigenvalue weighted by Crippen LogP contribution is -2.06. The second kappa shape index (κ2) is 7.50. The summed E-state index contributed by atoms with van der Waals surface area (Å²) >= 11 is 0. The molecule has 1 rings (SSSR count). The van der Waals surface area contributed by atoms with Crippen LogP contribution in [0.4, 0.5) is 0 Å². The van der Waals surface area contributed by atoms with Gasteiger partial charge in [-0.3, -0.25) is 0 Å². The SMILES string of the molecule is C=C/C=C\C(NC)=C(/C)CCc1ccccc1. The van der Waals surface area contributed by atoms with E-state index in [1.807, 2.05) is 13.1 Å². The minimum absolute atomic E-state index is 1.07. The minimum Gasteiger partial charge on any atom is -0.388 e. The van der Waals surface area contributed by atoms with Crippen molar-refractivity contribution >= 4 is 0 Å². The van der Waals surface area contributed by atoms with Crippen LogP contribution in [0.2, 0.25) is 0 Å². The van der Waals surface area contributed by atoms with Gasteiger partial charge in [-0.25, -0.2) is 0 Å². The van der Waals surface area contributed by atoms with Crippen molar-refractivity contribution in [3.8, 4) is 0 Å². The van der Waals surface area contributed by atoms with Crippen LogP contribution >= 0.6 is 0 Å². The summed E-state index contributed by atoms with van der Waals surface area (Å²) < 4.78 is 0. The van der Waals surface area contributed by atoms with E-state index in [1.165, 1.54) is 16.8 Å². The zero-order chi connectivity index (χ0) is 12.5. The Morgan fingerprint density at radius 3 is 2.59 bits per heavy atom. The molecule has 0 spiro atoms. The van der Waals surface area contributed by atoms with Gasteiger partial charge in [0.25, 0.3) is 0 Å². The third-order valence-electron chi connectivity index (χ3n) is 2.76. The predicted octanol–water partition coefficient (Wildman–Crippen LogP) is 3.85. The smallest absolute Gasteiger partial charge is 0.0326 e. The van der Waals surface area contributed by atoms with Crippen LogP contribution in [0.3, 0.4) is 0 Å². The maximum atomic E-state index is 3.68. The average molecular weight is 227 g/mol. The van der Waals surface area contributed by atoms with E-state index in [2.05, 4.69) is 55.2 Å². The van der Waals surface area contributed by atoms with Crippen LogP contribution in [0, 0.1) is 0 Å². The van der Waals surface area contributed by atoms with E-state index in [0.717, 1.165) is 12.8 Å². The van der Waals surface area contributed by atoms with Crippen molar-refractivity contribution in [2.45, 2.75) is 19.8 Å². The molecular formula is C16H21N. The summed E-state index contributed by atoms with van der Waals surface area (Å²) in [6.45, 7) is 5.85. The lowest BCUT2D eigenvalue weighted by molar-refractivity contribution is 0.890. The Hall–Kier alpha value is -1.76. The number of hydrogen-bond acceptors (Lipinski definition) is 1. The zero-order valence-corrected chi connectivity index (χ0v) is 10.7. The highest BCUT2D eigenvalue weighted by atomic mass is 14.8. The largest absolute Gasteiger partial charge is 0.388 e. The fraction of sp³-hybridized carbons (Fsp3) is 0.250. The first kappa shape index (κ1) is 13.3. The molecule has 0 radical (unpaired) electrons. The Balaban J connectivity index is 2.63. The van der Waals surface area contributed by atoms with E-state index >= 15 is 0 Å². The van der Waals surface area contributed by atoms with Gasteiger partial charge in [0.1, 0.15) is 0 Å². The van der Waals surface area contributed by atoms with Crippen LogP contribution in [0.15, 0.2) is 66.4 Å². The molecule has 0 aliphatic heterocycles. The summed E-state index contributed by atoms with van der Waals surface area (Å²) in [5, 5.41) is 3.22. The van der Waals surface area contributed by atoms with Gasteiger partial charge in [-0.05, 0) is 37.0 Å². The summed E-state index contributed by atoms with van der Waals surface area (Å²) in [7, 11) is 1.95. The van der Waals surface area contributed by atoms with Crippen molar-refractivity contribution in [1.29, 1.82) is 0 Å². The molecule has 17 heavy (non-hydrogen) atoms. The number of hydrogen-bond donors (Lipinski definition) is 1. The zero-order valence-electron chi connectivity index (χ0n) is 10.7. The van der Waals surface area contributed by atoms with Crippen molar-refractivity contribution in [2.75, 3.05) is 7.05 Å². The molecule has 0 atom stereocenters. The molecule has 90 valence electrons. The van der Waals surface area contributed by atoms with Crippen LogP contribution in [0.25, 0.3) is 0 Å². The molecular weight excluding hydrogens is 206 g/mol. The van der Waals surface area contributed by atoms with Crippen molar-refractivity contribution in [3.63, 3.8) is 0 Å². The maximum Gasteiger partial charge on any atom is 0.0326 e. The molecule has 0 aromatic heterocycles. The van der Waals surface area contributed by atoms with E-state index in [-0.39, 0.29) is 0 Å². The van der Waals surface area contributed by atoms with Crippen molar-refractivity contribution in [3.05, 3.63) is 72.0 Å². The van der Waals surface area contributed by atoms with Gasteiger partial charge >= 0.3 is 0 Å². The fourth-order valence-electron chi connectivity index (χ4n) is 1.71. The second-order valence-electron chi connectivity index (χ2n) is 4.02. The fourth-order valence-corrected chi connectivity index (χ4v) is 1.71. The quantitative estimate of drug-likeness (QED) is 0.728. The van der Waals surface area contributed by atoms with Crippen LogP contribution in [0.1, 0.15) is 18.9 Å². The maximum absolute atomic E-state index is 3.68.